The van der Waals surface area contributed by atoms with Crippen LogP contribution in [0.1, 0.15) is 23.2 Å². The maximum Gasteiger partial charge on any atom is 0.256 e. The van der Waals surface area contributed by atoms with Crippen molar-refractivity contribution < 1.29 is 13.6 Å². The van der Waals surface area contributed by atoms with Crippen LogP contribution in [0.2, 0.25) is 0 Å². The molecule has 2 rings (SSSR count). The van der Waals surface area contributed by atoms with Gasteiger partial charge in [0.05, 0.1) is 5.56 Å². The molecular formula is C12H15ClF2N2O. The number of likely N-dealkylation sites (tertiary alicyclic amines) is 1. The fraction of sp³-hybridized carbons (Fsp3) is 0.417. The fourth-order valence-electron chi connectivity index (χ4n) is 1.94. The average molecular weight is 277 g/mol. The van der Waals surface area contributed by atoms with Gasteiger partial charge in [0.15, 0.2) is 0 Å². The molecule has 6 heteroatoms. The third kappa shape index (κ3) is 3.17. The number of carbonyl (C=O) groups is 1. The van der Waals surface area contributed by atoms with Gasteiger partial charge in [0.2, 0.25) is 0 Å². The lowest BCUT2D eigenvalue weighted by molar-refractivity contribution is 0.0710. The normalized spacial score (nSPS) is 16.3. The lowest BCUT2D eigenvalue weighted by atomic mass is 10.0. The molecule has 0 saturated carbocycles. The SMILES string of the molecule is Cl.NC1CCN(C(=O)c2ccc(F)cc2F)CC1. The molecule has 1 saturated heterocycles. The summed E-state index contributed by atoms with van der Waals surface area (Å²) < 4.78 is 26.1. The monoisotopic (exact) mass is 276 g/mol. The van der Waals surface area contributed by atoms with E-state index in [4.69, 9.17) is 5.73 Å². The Hall–Kier alpha value is -1.20. The molecule has 2 N–H and O–H groups in total. The van der Waals surface area contributed by atoms with Crippen molar-refractivity contribution >= 4 is 18.3 Å². The number of benzene rings is 1. The first-order valence-corrected chi connectivity index (χ1v) is 5.58. The van der Waals surface area contributed by atoms with Crippen LogP contribution in [0.4, 0.5) is 8.78 Å². The molecule has 0 radical (unpaired) electrons. The third-order valence-electron chi connectivity index (χ3n) is 2.99. The summed E-state index contributed by atoms with van der Waals surface area (Å²) in [6.07, 6.45) is 1.43. The Balaban J connectivity index is 0.00000162. The number of rotatable bonds is 1. The first-order chi connectivity index (χ1) is 8.08. The van der Waals surface area contributed by atoms with Gasteiger partial charge in [-0.3, -0.25) is 4.79 Å². The van der Waals surface area contributed by atoms with Crippen molar-refractivity contribution in [3.05, 3.63) is 35.4 Å². The van der Waals surface area contributed by atoms with E-state index in [1.165, 1.54) is 6.07 Å². The van der Waals surface area contributed by atoms with E-state index in [0.717, 1.165) is 12.1 Å². The van der Waals surface area contributed by atoms with E-state index in [2.05, 4.69) is 0 Å². The maximum absolute atomic E-state index is 13.4. The third-order valence-corrected chi connectivity index (χ3v) is 2.99. The molecule has 1 aliphatic rings. The molecule has 1 fully saturated rings. The Morgan fingerprint density at radius 2 is 1.89 bits per heavy atom. The molecule has 0 atom stereocenters. The molecule has 1 amide bonds. The summed E-state index contributed by atoms with van der Waals surface area (Å²) in [5.41, 5.74) is 5.64. The molecule has 0 aliphatic carbocycles. The number of nitrogens with zero attached hydrogens (tertiary/aromatic N) is 1. The highest BCUT2D eigenvalue weighted by atomic mass is 35.5. The summed E-state index contributed by atoms with van der Waals surface area (Å²) in [7, 11) is 0. The molecule has 1 aliphatic heterocycles. The van der Waals surface area contributed by atoms with Crippen LogP contribution in [-0.4, -0.2) is 29.9 Å². The highest BCUT2D eigenvalue weighted by Crippen LogP contribution is 2.16. The van der Waals surface area contributed by atoms with Crippen LogP contribution in [0, 0.1) is 11.6 Å². The van der Waals surface area contributed by atoms with Gasteiger partial charge in [0, 0.05) is 25.2 Å². The smallest absolute Gasteiger partial charge is 0.256 e. The van der Waals surface area contributed by atoms with Crippen LogP contribution >= 0.6 is 12.4 Å². The second kappa shape index (κ2) is 6.11. The van der Waals surface area contributed by atoms with Crippen molar-refractivity contribution in [2.24, 2.45) is 5.73 Å². The molecular weight excluding hydrogens is 262 g/mol. The van der Waals surface area contributed by atoms with Crippen molar-refractivity contribution in [3.8, 4) is 0 Å². The van der Waals surface area contributed by atoms with Gasteiger partial charge in [0.1, 0.15) is 11.6 Å². The van der Waals surface area contributed by atoms with Crippen molar-refractivity contribution in [3.63, 3.8) is 0 Å². The highest BCUT2D eigenvalue weighted by molar-refractivity contribution is 5.94. The minimum absolute atomic E-state index is 0. The molecule has 0 spiro atoms. The second-order valence-electron chi connectivity index (χ2n) is 4.25. The van der Waals surface area contributed by atoms with E-state index in [1.807, 2.05) is 0 Å². The molecule has 1 heterocycles. The van der Waals surface area contributed by atoms with Crippen LogP contribution in [0.5, 0.6) is 0 Å². The van der Waals surface area contributed by atoms with Crippen molar-refractivity contribution in [1.82, 2.24) is 4.90 Å². The van der Waals surface area contributed by atoms with Gasteiger partial charge in [-0.05, 0) is 25.0 Å². The van der Waals surface area contributed by atoms with E-state index in [9.17, 15) is 13.6 Å². The first kappa shape index (κ1) is 14.9. The summed E-state index contributed by atoms with van der Waals surface area (Å²) in [6.45, 7) is 1.05. The molecule has 0 bridgehead atoms. The molecule has 0 unspecified atom stereocenters. The molecule has 18 heavy (non-hydrogen) atoms. The van der Waals surface area contributed by atoms with Crippen LogP contribution in [0.25, 0.3) is 0 Å². The number of hydrogen-bond donors (Lipinski definition) is 1. The number of carbonyl (C=O) groups excluding carboxylic acids is 1. The Bertz CT molecular complexity index is 434. The van der Waals surface area contributed by atoms with Gasteiger partial charge in [0.25, 0.3) is 5.91 Å². The van der Waals surface area contributed by atoms with Gasteiger partial charge in [-0.2, -0.15) is 0 Å². The molecule has 100 valence electrons. The maximum atomic E-state index is 13.4. The quantitative estimate of drug-likeness (QED) is 0.852. The zero-order valence-corrected chi connectivity index (χ0v) is 10.6. The van der Waals surface area contributed by atoms with Gasteiger partial charge >= 0.3 is 0 Å². The number of amides is 1. The van der Waals surface area contributed by atoms with Gasteiger partial charge in [-0.1, -0.05) is 0 Å². The molecule has 1 aromatic rings. The average Bonchev–Trinajstić information content (AvgIpc) is 2.29. The number of piperidine rings is 1. The Morgan fingerprint density at radius 1 is 1.28 bits per heavy atom. The minimum atomic E-state index is -0.815. The van der Waals surface area contributed by atoms with E-state index >= 15 is 0 Å². The van der Waals surface area contributed by atoms with Crippen molar-refractivity contribution in [2.45, 2.75) is 18.9 Å². The minimum Gasteiger partial charge on any atom is -0.338 e. The topological polar surface area (TPSA) is 46.3 Å². The first-order valence-electron chi connectivity index (χ1n) is 5.58. The van der Waals surface area contributed by atoms with Crippen LogP contribution in [-0.2, 0) is 0 Å². The van der Waals surface area contributed by atoms with Crippen molar-refractivity contribution in [2.75, 3.05) is 13.1 Å². The van der Waals surface area contributed by atoms with E-state index in [-0.39, 0.29) is 24.0 Å². The molecule has 3 nitrogen and oxygen atoms in total. The number of hydrogen-bond acceptors (Lipinski definition) is 2. The van der Waals surface area contributed by atoms with Gasteiger partial charge in [-0.25, -0.2) is 8.78 Å². The summed E-state index contributed by atoms with van der Waals surface area (Å²) in [5, 5.41) is 0. The summed E-state index contributed by atoms with van der Waals surface area (Å²) in [4.78, 5) is 13.5. The van der Waals surface area contributed by atoms with E-state index in [0.29, 0.717) is 25.9 Å². The number of halogens is 3. The predicted molar refractivity (Wildman–Crippen MR) is 66.7 cm³/mol. The standard InChI is InChI=1S/C12H14F2N2O.ClH/c13-8-1-2-10(11(14)7-8)12(17)16-5-3-9(15)4-6-16;/h1-2,7,9H,3-6,15H2;1H. The summed E-state index contributed by atoms with van der Waals surface area (Å²) in [6, 6.07) is 3.10. The van der Waals surface area contributed by atoms with Crippen LogP contribution in [0.15, 0.2) is 18.2 Å². The summed E-state index contributed by atoms with van der Waals surface area (Å²) in [5.74, 6) is -1.89. The van der Waals surface area contributed by atoms with E-state index in [1.54, 1.807) is 4.90 Å². The fourth-order valence-corrected chi connectivity index (χ4v) is 1.94. The van der Waals surface area contributed by atoms with Crippen LogP contribution in [0.3, 0.4) is 0 Å². The predicted octanol–water partition coefficient (Wildman–Crippen LogP) is 1.95. The van der Waals surface area contributed by atoms with Crippen molar-refractivity contribution in [1.29, 1.82) is 0 Å². The Morgan fingerprint density at radius 3 is 2.44 bits per heavy atom. The van der Waals surface area contributed by atoms with E-state index < -0.39 is 17.5 Å². The zero-order valence-electron chi connectivity index (χ0n) is 9.73. The molecule has 0 aromatic heterocycles. The largest absolute Gasteiger partial charge is 0.338 e. The van der Waals surface area contributed by atoms with Crippen LogP contribution < -0.4 is 5.73 Å². The second-order valence-corrected chi connectivity index (χ2v) is 4.25. The van der Waals surface area contributed by atoms with Gasteiger partial charge in [-0.15, -0.1) is 12.4 Å². The molecule has 1 aromatic carbocycles. The number of nitrogens with two attached hydrogens (primary N) is 1. The Labute approximate surface area is 110 Å². The highest BCUT2D eigenvalue weighted by Gasteiger charge is 2.23. The zero-order chi connectivity index (χ0) is 12.4. The lowest BCUT2D eigenvalue weighted by Gasteiger charge is -2.30. The lowest BCUT2D eigenvalue weighted by Crippen LogP contribution is -2.43. The van der Waals surface area contributed by atoms with Gasteiger partial charge < -0.3 is 10.6 Å². The summed E-state index contributed by atoms with van der Waals surface area (Å²) >= 11 is 0. The Kier molecular flexibility index (Phi) is 5.04.